The maximum Gasteiger partial charge on any atom is 0.315 e. The summed E-state index contributed by atoms with van der Waals surface area (Å²) in [5.41, 5.74) is 0. The van der Waals surface area contributed by atoms with Crippen LogP contribution in [0.25, 0.3) is 18.8 Å². The van der Waals surface area contributed by atoms with Crippen LogP contribution in [-0.2, 0) is 0 Å². The van der Waals surface area contributed by atoms with Gasteiger partial charge in [-0.1, -0.05) is 45.3 Å². The zero-order valence-electron chi connectivity index (χ0n) is 12.6. The highest BCUT2D eigenvalue weighted by molar-refractivity contribution is 7.39. The fourth-order valence-electron chi connectivity index (χ4n) is 2.92. The van der Waals surface area contributed by atoms with Crippen LogP contribution in [0, 0.1) is 0 Å². The van der Waals surface area contributed by atoms with Crippen LogP contribution >= 0.6 is 45.3 Å². The molecule has 24 heavy (non-hydrogen) atoms. The second-order valence-corrected chi connectivity index (χ2v) is 10.2. The highest BCUT2D eigenvalue weighted by atomic mass is 32.2. The van der Waals surface area contributed by atoms with Crippen LogP contribution in [0.2, 0.25) is 0 Å². The minimum Gasteiger partial charge on any atom is -0.505 e. The van der Waals surface area contributed by atoms with Crippen molar-refractivity contribution in [2.45, 2.75) is 0 Å². The Balaban J connectivity index is 1.84. The van der Waals surface area contributed by atoms with E-state index in [-0.39, 0.29) is 0 Å². The first kappa shape index (κ1) is 14.8. The molecule has 3 aromatic rings. The third-order valence-corrected chi connectivity index (χ3v) is 9.58. The van der Waals surface area contributed by atoms with E-state index in [0.29, 0.717) is 11.5 Å². The van der Waals surface area contributed by atoms with Crippen LogP contribution in [0.3, 0.4) is 0 Å². The summed E-state index contributed by atoms with van der Waals surface area (Å²) in [4.78, 5) is 0. The van der Waals surface area contributed by atoms with E-state index in [0.717, 1.165) is 52.9 Å². The number of benzene rings is 1. The number of nitrogens with zero attached hydrogens (tertiary/aromatic N) is 2. The number of aromatic hydroxyl groups is 2. The van der Waals surface area contributed by atoms with Crippen molar-refractivity contribution in [1.82, 2.24) is 9.15 Å². The van der Waals surface area contributed by atoms with Gasteiger partial charge in [0.15, 0.2) is 37.7 Å². The molecule has 2 aromatic heterocycles. The van der Waals surface area contributed by atoms with Gasteiger partial charge in [0.2, 0.25) is 0 Å². The molecule has 0 radical (unpaired) electrons. The Morgan fingerprint density at radius 1 is 0.583 bits per heavy atom. The third kappa shape index (κ3) is 2.13. The van der Waals surface area contributed by atoms with E-state index in [9.17, 15) is 10.2 Å². The van der Waals surface area contributed by atoms with Gasteiger partial charge >= 0.3 is 7.97 Å². The molecule has 0 saturated carbocycles. The molecule has 0 fully saturated rings. The van der Waals surface area contributed by atoms with Gasteiger partial charge in [-0.3, -0.25) is 0 Å². The summed E-state index contributed by atoms with van der Waals surface area (Å²) in [5, 5.41) is 21.6. The Morgan fingerprint density at radius 3 is 1.17 bits per heavy atom. The Bertz CT molecular complexity index is 1010. The smallest absolute Gasteiger partial charge is 0.315 e. The third-order valence-electron chi connectivity index (χ3n) is 4.18. The van der Waals surface area contributed by atoms with Crippen LogP contribution in [0.1, 0.15) is 0 Å². The molecule has 2 aliphatic heterocycles. The summed E-state index contributed by atoms with van der Waals surface area (Å²) in [5.74, 6) is 0.634. The first-order chi connectivity index (χ1) is 11.7. The average molecular weight is 395 g/mol. The monoisotopic (exact) mass is 394 g/mol. The standard InChI is InChI=1S/C16H12N2O2S4/c19-9-11-12(22-15(21-11)17-5-1-2-6-17)10(20)14-13(9)23-16(24-14)18-7-3-4-8-18/h1-4H,5-8H2/p+2. The quantitative estimate of drug-likeness (QED) is 0.349. The van der Waals surface area contributed by atoms with Crippen LogP contribution in [0.4, 0.5) is 0 Å². The lowest BCUT2D eigenvalue weighted by molar-refractivity contribution is 0.481. The molecule has 8 heteroatoms. The van der Waals surface area contributed by atoms with Gasteiger partial charge in [0.05, 0.1) is 18.8 Å². The Hall–Kier alpha value is -1.48. The Kier molecular flexibility index (Phi) is 3.41. The van der Waals surface area contributed by atoms with Gasteiger partial charge in [0.1, 0.15) is 0 Å². The van der Waals surface area contributed by atoms with E-state index in [4.69, 9.17) is 0 Å². The van der Waals surface area contributed by atoms with E-state index < -0.39 is 0 Å². The van der Waals surface area contributed by atoms with E-state index in [1.54, 1.807) is 45.3 Å². The van der Waals surface area contributed by atoms with Gasteiger partial charge in [0, 0.05) is 0 Å². The molecule has 0 spiro atoms. The molecule has 0 atom stereocenters. The van der Waals surface area contributed by atoms with Crippen molar-refractivity contribution in [3.05, 3.63) is 32.3 Å². The molecule has 4 nitrogen and oxygen atoms in total. The number of hydrogen-bond acceptors (Lipinski definition) is 6. The van der Waals surface area contributed by atoms with E-state index >= 15 is 0 Å². The lowest BCUT2D eigenvalue weighted by Gasteiger charge is -1.98. The van der Waals surface area contributed by atoms with E-state index in [1.807, 2.05) is 0 Å². The molecule has 0 unspecified atom stereocenters. The van der Waals surface area contributed by atoms with Gasteiger partial charge < -0.3 is 10.2 Å². The zero-order chi connectivity index (χ0) is 16.3. The number of rotatable bonds is 0. The minimum absolute atomic E-state index is 0.317. The second-order valence-electron chi connectivity index (χ2n) is 5.71. The van der Waals surface area contributed by atoms with E-state index in [1.165, 1.54) is 0 Å². The fourth-order valence-corrected chi connectivity index (χ4v) is 8.24. The van der Waals surface area contributed by atoms with Crippen molar-refractivity contribution in [2.24, 2.45) is 0 Å². The Labute approximate surface area is 153 Å². The number of hydrogen-bond donors (Lipinski definition) is 2. The van der Waals surface area contributed by atoms with Crippen LogP contribution < -0.4 is 17.1 Å². The predicted molar refractivity (Wildman–Crippen MR) is 105 cm³/mol. The molecule has 0 aliphatic carbocycles. The van der Waals surface area contributed by atoms with Crippen molar-refractivity contribution < 1.29 is 10.2 Å². The molecule has 2 N–H and O–H groups in total. The average Bonchev–Trinajstić information content (AvgIpc) is 3.39. The van der Waals surface area contributed by atoms with Gasteiger partial charge in [-0.15, -0.1) is 0 Å². The van der Waals surface area contributed by atoms with Crippen molar-refractivity contribution in [3.63, 3.8) is 0 Å². The van der Waals surface area contributed by atoms with E-state index in [2.05, 4.69) is 33.5 Å². The SMILES string of the molecule is Oc1c2sc(=[N+]3CC=CC3)sc2c(O)c2sc(=[N+]3CC=CC3)sc12. The molecular weight excluding hydrogens is 380 g/mol. The summed E-state index contributed by atoms with van der Waals surface area (Å²) in [6.07, 6.45) is 8.59. The number of fused-ring (bicyclic) bond motifs is 2. The molecular formula is C16H14N2O2S4+2. The minimum atomic E-state index is 0.317. The topological polar surface area (TPSA) is 46.5 Å². The van der Waals surface area contributed by atoms with Gasteiger partial charge in [-0.05, 0) is 24.3 Å². The lowest BCUT2D eigenvalue weighted by atomic mass is 10.3. The summed E-state index contributed by atoms with van der Waals surface area (Å²) in [6, 6.07) is 0. The summed E-state index contributed by atoms with van der Waals surface area (Å²) in [6.45, 7) is 3.59. The molecule has 0 saturated heterocycles. The summed E-state index contributed by atoms with van der Waals surface area (Å²) < 4.78 is 9.97. The normalized spacial score (nSPS) is 17.2. The van der Waals surface area contributed by atoms with Crippen molar-refractivity contribution in [3.8, 4) is 11.5 Å². The molecule has 122 valence electrons. The van der Waals surface area contributed by atoms with Crippen LogP contribution in [0.15, 0.2) is 24.3 Å². The zero-order valence-corrected chi connectivity index (χ0v) is 15.8. The highest BCUT2D eigenvalue weighted by Crippen LogP contribution is 2.46. The van der Waals surface area contributed by atoms with Crippen molar-refractivity contribution in [1.29, 1.82) is 0 Å². The van der Waals surface area contributed by atoms with Crippen LogP contribution in [-0.4, -0.2) is 36.4 Å². The van der Waals surface area contributed by atoms with Crippen molar-refractivity contribution >= 4 is 64.1 Å². The highest BCUT2D eigenvalue weighted by Gasteiger charge is 2.23. The largest absolute Gasteiger partial charge is 0.505 e. The predicted octanol–water partition coefficient (Wildman–Crippen LogP) is 2.33. The summed E-state index contributed by atoms with van der Waals surface area (Å²) >= 11 is 6.29. The van der Waals surface area contributed by atoms with Crippen molar-refractivity contribution in [2.75, 3.05) is 26.2 Å². The van der Waals surface area contributed by atoms with Gasteiger partial charge in [0.25, 0.3) is 0 Å². The number of phenolic OH excluding ortho intramolecular Hbond substituents is 2. The van der Waals surface area contributed by atoms with Gasteiger partial charge in [-0.25, -0.2) is 9.15 Å². The molecule has 4 heterocycles. The summed E-state index contributed by atoms with van der Waals surface area (Å²) in [7, 11) is 0. The first-order valence-corrected chi connectivity index (χ1v) is 10.9. The Morgan fingerprint density at radius 2 is 0.875 bits per heavy atom. The van der Waals surface area contributed by atoms with Crippen LogP contribution in [0.5, 0.6) is 11.5 Å². The first-order valence-electron chi connectivity index (χ1n) is 7.59. The fraction of sp³-hybridized carbons (Fsp3) is 0.250. The molecule has 0 bridgehead atoms. The molecule has 2 aliphatic rings. The molecule has 1 aromatic carbocycles. The lowest BCUT2D eigenvalue weighted by Crippen LogP contribution is -2.22. The molecule has 0 amide bonds. The number of phenols is 2. The maximum absolute atomic E-state index is 10.8. The second kappa shape index (κ2) is 5.52. The van der Waals surface area contributed by atoms with Gasteiger partial charge in [-0.2, -0.15) is 0 Å². The maximum atomic E-state index is 10.8. The molecule has 5 rings (SSSR count).